The van der Waals surface area contributed by atoms with Gasteiger partial charge in [0.2, 0.25) is 11.5 Å². The first-order valence-corrected chi connectivity index (χ1v) is 6.43. The molecular weight excluding hydrogens is 278 g/mol. The van der Waals surface area contributed by atoms with Crippen molar-refractivity contribution in [2.75, 3.05) is 13.1 Å². The van der Waals surface area contributed by atoms with Crippen molar-refractivity contribution in [2.45, 2.75) is 11.3 Å². The van der Waals surface area contributed by atoms with E-state index in [-0.39, 0.29) is 23.5 Å². The van der Waals surface area contributed by atoms with Gasteiger partial charge in [0.05, 0.1) is 4.92 Å². The van der Waals surface area contributed by atoms with Crippen LogP contribution in [0.1, 0.15) is 15.9 Å². The Balaban J connectivity index is 2.09. The molecule has 8 heteroatoms. The summed E-state index contributed by atoms with van der Waals surface area (Å²) in [6.07, 6.45) is 0. The number of Topliss-reactive ketones (excluding diaryl/α,β-unsaturated/α-hetero) is 1. The van der Waals surface area contributed by atoms with E-state index < -0.39 is 27.7 Å². The molecule has 2 heterocycles. The maximum atomic E-state index is 12.5. The van der Waals surface area contributed by atoms with Gasteiger partial charge in [0.1, 0.15) is 0 Å². The van der Waals surface area contributed by atoms with Gasteiger partial charge in [-0.05, 0) is 0 Å². The normalized spacial score (nSPS) is 32.9. The molecule has 21 heavy (non-hydrogen) atoms. The second-order valence-corrected chi connectivity index (χ2v) is 5.29. The van der Waals surface area contributed by atoms with Crippen LogP contribution in [0.4, 0.5) is 0 Å². The van der Waals surface area contributed by atoms with Gasteiger partial charge in [0.25, 0.3) is 5.60 Å². The minimum absolute atomic E-state index is 0.00727. The van der Waals surface area contributed by atoms with E-state index in [2.05, 4.69) is 5.32 Å². The highest BCUT2D eigenvalue weighted by Crippen LogP contribution is 2.56. The van der Waals surface area contributed by atoms with Crippen molar-refractivity contribution in [3.8, 4) is 0 Å². The molecule has 1 aromatic carbocycles. The van der Waals surface area contributed by atoms with Gasteiger partial charge in [-0.3, -0.25) is 14.9 Å². The molecule has 2 unspecified atom stereocenters. The monoisotopic (exact) mass is 289 g/mol. The van der Waals surface area contributed by atoms with Crippen molar-refractivity contribution in [1.82, 2.24) is 10.2 Å². The highest BCUT2D eigenvalue weighted by Gasteiger charge is 2.77. The Morgan fingerprint density at radius 2 is 2.05 bits per heavy atom. The first kappa shape index (κ1) is 12.3. The van der Waals surface area contributed by atoms with Gasteiger partial charge in [0.15, 0.2) is 5.82 Å². The number of rotatable bonds is 1. The van der Waals surface area contributed by atoms with Crippen LogP contribution < -0.4 is 5.32 Å². The number of ketones is 1. The number of nitrogens with zero attached hydrogens (tertiary/aromatic N) is 2. The Hall–Kier alpha value is -2.45. The van der Waals surface area contributed by atoms with Gasteiger partial charge in [-0.1, -0.05) is 24.3 Å². The number of hydrogen-bond donors (Lipinski definition) is 3. The fraction of sp³-hybridized carbons (Fsp3) is 0.308. The third-order valence-electron chi connectivity index (χ3n) is 4.42. The van der Waals surface area contributed by atoms with Crippen LogP contribution in [0.25, 0.3) is 0 Å². The maximum absolute atomic E-state index is 12.5. The summed E-state index contributed by atoms with van der Waals surface area (Å²) in [4.78, 5) is 24.4. The summed E-state index contributed by atoms with van der Waals surface area (Å²) < 4.78 is 0. The quantitative estimate of drug-likeness (QED) is 0.454. The average molecular weight is 289 g/mol. The zero-order chi connectivity index (χ0) is 15.0. The molecule has 108 valence electrons. The molecule has 0 spiro atoms. The Kier molecular flexibility index (Phi) is 2.00. The minimum atomic E-state index is -2.59. The van der Waals surface area contributed by atoms with Crippen LogP contribution >= 0.6 is 0 Å². The number of aliphatic hydroxyl groups is 2. The molecule has 3 aliphatic rings. The first-order chi connectivity index (χ1) is 9.94. The highest BCUT2D eigenvalue weighted by atomic mass is 16.6. The third kappa shape index (κ3) is 1.05. The topological polar surface area (TPSA) is 116 Å². The van der Waals surface area contributed by atoms with E-state index in [1.807, 2.05) is 0 Å². The summed E-state index contributed by atoms with van der Waals surface area (Å²) in [5, 5.41) is 36.1. The molecule has 0 aromatic heterocycles. The van der Waals surface area contributed by atoms with Crippen molar-refractivity contribution < 1.29 is 19.9 Å². The fourth-order valence-corrected chi connectivity index (χ4v) is 3.56. The van der Waals surface area contributed by atoms with E-state index in [0.29, 0.717) is 6.54 Å². The summed E-state index contributed by atoms with van der Waals surface area (Å²) in [7, 11) is 0. The number of nitro groups is 1. The molecule has 4 rings (SSSR count). The molecule has 2 aliphatic heterocycles. The van der Waals surface area contributed by atoms with Gasteiger partial charge < -0.3 is 20.4 Å². The van der Waals surface area contributed by atoms with Gasteiger partial charge in [0, 0.05) is 24.2 Å². The van der Waals surface area contributed by atoms with Crippen LogP contribution in [0.3, 0.4) is 0 Å². The van der Waals surface area contributed by atoms with Crippen LogP contribution in [-0.4, -0.2) is 44.5 Å². The number of carbonyl (C=O) groups excluding carboxylic acids is 1. The predicted molar refractivity (Wildman–Crippen MR) is 68.3 cm³/mol. The zero-order valence-corrected chi connectivity index (χ0v) is 10.7. The zero-order valence-electron chi connectivity index (χ0n) is 10.7. The van der Waals surface area contributed by atoms with E-state index in [1.54, 1.807) is 12.1 Å². The smallest absolute Gasteiger partial charge is 0.330 e. The molecule has 0 bridgehead atoms. The number of nitrogens with one attached hydrogen (secondary N) is 1. The molecule has 2 atom stereocenters. The lowest BCUT2D eigenvalue weighted by Gasteiger charge is -2.35. The Morgan fingerprint density at radius 3 is 2.76 bits per heavy atom. The highest BCUT2D eigenvalue weighted by molar-refractivity contribution is 6.10. The average Bonchev–Trinajstić information content (AvgIpc) is 3.04. The number of fused-ring (bicyclic) bond motifs is 5. The molecule has 0 radical (unpaired) electrons. The van der Waals surface area contributed by atoms with E-state index in [9.17, 15) is 25.1 Å². The summed E-state index contributed by atoms with van der Waals surface area (Å²) >= 11 is 0. The Morgan fingerprint density at radius 1 is 1.33 bits per heavy atom. The van der Waals surface area contributed by atoms with Crippen molar-refractivity contribution in [2.24, 2.45) is 0 Å². The molecule has 1 fully saturated rings. The Bertz CT molecular complexity index is 745. The molecular formula is C13H11N3O5. The number of hydrogen-bond acceptors (Lipinski definition) is 7. The van der Waals surface area contributed by atoms with E-state index in [0.717, 1.165) is 0 Å². The lowest BCUT2D eigenvalue weighted by molar-refractivity contribution is -0.445. The third-order valence-corrected chi connectivity index (χ3v) is 4.42. The van der Waals surface area contributed by atoms with Crippen LogP contribution in [0.5, 0.6) is 0 Å². The number of carbonyl (C=O) groups is 1. The molecule has 0 saturated carbocycles. The maximum Gasteiger partial charge on any atom is 0.330 e. The molecule has 8 nitrogen and oxygen atoms in total. The van der Waals surface area contributed by atoms with E-state index in [1.165, 1.54) is 17.0 Å². The second-order valence-electron chi connectivity index (χ2n) is 5.29. The number of benzene rings is 1. The SMILES string of the molecule is O=C1c2ccccc2C2(O)N3CCNC3=C([N+](=O)[O-])C12O. The molecule has 3 N–H and O–H groups in total. The van der Waals surface area contributed by atoms with Gasteiger partial charge in [-0.25, -0.2) is 0 Å². The molecule has 1 aliphatic carbocycles. The predicted octanol–water partition coefficient (Wildman–Crippen LogP) is -0.876. The van der Waals surface area contributed by atoms with Crippen LogP contribution in [0.2, 0.25) is 0 Å². The molecule has 1 aromatic rings. The second kappa shape index (κ2) is 3.41. The van der Waals surface area contributed by atoms with Crippen LogP contribution in [-0.2, 0) is 5.72 Å². The Labute approximate surface area is 118 Å². The fourth-order valence-electron chi connectivity index (χ4n) is 3.56. The van der Waals surface area contributed by atoms with Gasteiger partial charge >= 0.3 is 5.70 Å². The molecule has 0 amide bonds. The summed E-state index contributed by atoms with van der Waals surface area (Å²) in [6.45, 7) is 0.647. The van der Waals surface area contributed by atoms with Crippen molar-refractivity contribution in [3.05, 3.63) is 57.0 Å². The standard InChI is InChI=1S/C13H11N3O5/c17-10-7-3-1-2-4-8(7)13(19)12(10,18)9(16(20)21)11-14-5-6-15(11)13/h1-4,14,18-19H,5-6H2. The van der Waals surface area contributed by atoms with Gasteiger partial charge in [-0.2, -0.15) is 0 Å². The van der Waals surface area contributed by atoms with Crippen molar-refractivity contribution in [1.29, 1.82) is 0 Å². The van der Waals surface area contributed by atoms with Crippen molar-refractivity contribution in [3.63, 3.8) is 0 Å². The van der Waals surface area contributed by atoms with Gasteiger partial charge in [-0.15, -0.1) is 0 Å². The summed E-state index contributed by atoms with van der Waals surface area (Å²) in [5.41, 5.74) is -5.13. The van der Waals surface area contributed by atoms with Crippen LogP contribution in [0.15, 0.2) is 35.8 Å². The minimum Gasteiger partial charge on any atom is -0.368 e. The van der Waals surface area contributed by atoms with Crippen LogP contribution in [0, 0.1) is 10.1 Å². The largest absolute Gasteiger partial charge is 0.368 e. The lowest BCUT2D eigenvalue weighted by atomic mass is 9.89. The van der Waals surface area contributed by atoms with Crippen molar-refractivity contribution >= 4 is 5.78 Å². The summed E-state index contributed by atoms with van der Waals surface area (Å²) in [6, 6.07) is 6.16. The lowest BCUT2D eigenvalue weighted by Crippen LogP contribution is -2.57. The van der Waals surface area contributed by atoms with E-state index in [4.69, 9.17) is 0 Å². The van der Waals surface area contributed by atoms with E-state index >= 15 is 0 Å². The first-order valence-electron chi connectivity index (χ1n) is 6.43. The summed E-state index contributed by atoms with van der Waals surface area (Å²) in [5.74, 6) is -0.844. The molecule has 1 saturated heterocycles.